The molecule has 0 saturated carbocycles. The van der Waals surface area contributed by atoms with Crippen LogP contribution in [0.3, 0.4) is 0 Å². The fraction of sp³-hybridized carbons (Fsp3) is 0.286. The summed E-state index contributed by atoms with van der Waals surface area (Å²) in [6.45, 7) is 3.91. The maximum atomic E-state index is 12.1. The van der Waals surface area contributed by atoms with Crippen LogP contribution < -0.4 is 0 Å². The molecule has 0 saturated heterocycles. The second kappa shape index (κ2) is 5.89. The molecule has 1 unspecified atom stereocenters. The van der Waals surface area contributed by atoms with Gasteiger partial charge in [0.05, 0.1) is 17.3 Å². The van der Waals surface area contributed by atoms with Gasteiger partial charge in [-0.2, -0.15) is 5.10 Å². The highest BCUT2D eigenvalue weighted by Crippen LogP contribution is 2.23. The SMILES string of the molecule is CCOC(=O)C(c1ccccc1)n1cc(Cl)c(C)n1. The highest BCUT2D eigenvalue weighted by atomic mass is 35.5. The lowest BCUT2D eigenvalue weighted by atomic mass is 10.1. The zero-order chi connectivity index (χ0) is 13.8. The van der Waals surface area contributed by atoms with Crippen molar-refractivity contribution in [3.05, 3.63) is 52.8 Å². The van der Waals surface area contributed by atoms with E-state index in [-0.39, 0.29) is 5.97 Å². The van der Waals surface area contributed by atoms with Crippen LogP contribution in [-0.4, -0.2) is 22.4 Å². The van der Waals surface area contributed by atoms with Crippen molar-refractivity contribution in [3.8, 4) is 0 Å². The van der Waals surface area contributed by atoms with Crippen LogP contribution in [0.5, 0.6) is 0 Å². The molecule has 0 N–H and O–H groups in total. The van der Waals surface area contributed by atoms with Gasteiger partial charge in [0, 0.05) is 6.20 Å². The second-order valence-electron chi connectivity index (χ2n) is 4.11. The molecule has 0 radical (unpaired) electrons. The summed E-state index contributed by atoms with van der Waals surface area (Å²) < 4.78 is 6.67. The minimum Gasteiger partial charge on any atom is -0.464 e. The van der Waals surface area contributed by atoms with Gasteiger partial charge in [0.15, 0.2) is 6.04 Å². The number of hydrogen-bond donors (Lipinski definition) is 0. The zero-order valence-electron chi connectivity index (χ0n) is 10.8. The lowest BCUT2D eigenvalue weighted by Gasteiger charge is -2.16. The summed E-state index contributed by atoms with van der Waals surface area (Å²) in [6, 6.07) is 8.78. The van der Waals surface area contributed by atoms with Crippen LogP contribution in [0.1, 0.15) is 24.2 Å². The third kappa shape index (κ3) is 2.96. The highest BCUT2D eigenvalue weighted by molar-refractivity contribution is 6.31. The molecule has 1 atom stereocenters. The fourth-order valence-corrected chi connectivity index (χ4v) is 1.98. The van der Waals surface area contributed by atoms with Crippen molar-refractivity contribution in [1.82, 2.24) is 9.78 Å². The first-order valence-corrected chi connectivity index (χ1v) is 6.44. The summed E-state index contributed by atoms with van der Waals surface area (Å²) in [5.74, 6) is -0.340. The third-order valence-electron chi connectivity index (χ3n) is 2.75. The van der Waals surface area contributed by atoms with Gasteiger partial charge in [-0.05, 0) is 19.4 Å². The number of aryl methyl sites for hydroxylation is 1. The Kier molecular flexibility index (Phi) is 4.22. The predicted molar refractivity (Wildman–Crippen MR) is 73.2 cm³/mol. The molecular formula is C14H15ClN2O2. The lowest BCUT2D eigenvalue weighted by Crippen LogP contribution is -2.23. The number of rotatable bonds is 4. The highest BCUT2D eigenvalue weighted by Gasteiger charge is 2.25. The number of benzene rings is 1. The molecule has 1 aromatic heterocycles. The maximum Gasteiger partial charge on any atom is 0.335 e. The average Bonchev–Trinajstić information content (AvgIpc) is 2.71. The van der Waals surface area contributed by atoms with Gasteiger partial charge in [-0.25, -0.2) is 4.79 Å². The molecule has 100 valence electrons. The van der Waals surface area contributed by atoms with Gasteiger partial charge in [-0.1, -0.05) is 41.9 Å². The first-order valence-electron chi connectivity index (χ1n) is 6.06. The third-order valence-corrected chi connectivity index (χ3v) is 3.12. The molecule has 2 rings (SSSR count). The molecule has 0 fully saturated rings. The molecule has 5 heteroatoms. The van der Waals surface area contributed by atoms with Crippen molar-refractivity contribution in [3.63, 3.8) is 0 Å². The van der Waals surface area contributed by atoms with Gasteiger partial charge in [0.25, 0.3) is 0 Å². The van der Waals surface area contributed by atoms with E-state index in [1.165, 1.54) is 0 Å². The van der Waals surface area contributed by atoms with E-state index in [1.807, 2.05) is 30.3 Å². The molecule has 0 amide bonds. The Morgan fingerprint density at radius 3 is 2.63 bits per heavy atom. The quantitative estimate of drug-likeness (QED) is 0.808. The Morgan fingerprint density at radius 1 is 1.42 bits per heavy atom. The first-order chi connectivity index (χ1) is 9.13. The van der Waals surface area contributed by atoms with Gasteiger partial charge < -0.3 is 4.74 Å². The van der Waals surface area contributed by atoms with Crippen molar-refractivity contribution in [2.24, 2.45) is 0 Å². The Hall–Kier alpha value is -1.81. The van der Waals surface area contributed by atoms with E-state index in [9.17, 15) is 4.79 Å². The van der Waals surface area contributed by atoms with Crippen LogP contribution in [0, 0.1) is 6.92 Å². The van der Waals surface area contributed by atoms with Gasteiger partial charge in [0.1, 0.15) is 0 Å². The van der Waals surface area contributed by atoms with Crippen LogP contribution in [0.2, 0.25) is 5.02 Å². The summed E-state index contributed by atoms with van der Waals surface area (Å²) >= 11 is 6.01. The maximum absolute atomic E-state index is 12.1. The molecule has 1 heterocycles. The minimum absolute atomic E-state index is 0.330. The predicted octanol–water partition coefficient (Wildman–Crippen LogP) is 3.00. The Bertz CT molecular complexity index is 547. The summed E-state index contributed by atoms with van der Waals surface area (Å²) in [5.41, 5.74) is 1.51. The molecule has 0 aliphatic carbocycles. The Labute approximate surface area is 116 Å². The van der Waals surface area contributed by atoms with Crippen molar-refractivity contribution in [1.29, 1.82) is 0 Å². The van der Waals surface area contributed by atoms with E-state index in [1.54, 1.807) is 24.7 Å². The molecule has 0 aliphatic rings. The standard InChI is InChI=1S/C14H15ClN2O2/c1-3-19-14(18)13(11-7-5-4-6-8-11)17-9-12(15)10(2)16-17/h4-9,13H,3H2,1-2H3. The topological polar surface area (TPSA) is 44.1 Å². The molecule has 1 aromatic carbocycles. The molecule has 0 bridgehead atoms. The van der Waals surface area contributed by atoms with Crippen LogP contribution in [-0.2, 0) is 9.53 Å². The lowest BCUT2D eigenvalue weighted by molar-refractivity contribution is -0.146. The van der Waals surface area contributed by atoms with Gasteiger partial charge in [-0.15, -0.1) is 0 Å². The molecular weight excluding hydrogens is 264 g/mol. The average molecular weight is 279 g/mol. The van der Waals surface area contributed by atoms with E-state index < -0.39 is 6.04 Å². The van der Waals surface area contributed by atoms with E-state index >= 15 is 0 Å². The summed E-state index contributed by atoms with van der Waals surface area (Å²) in [5, 5.41) is 4.81. The summed E-state index contributed by atoms with van der Waals surface area (Å²) in [4.78, 5) is 12.1. The molecule has 0 aliphatic heterocycles. The van der Waals surface area contributed by atoms with E-state index in [0.29, 0.717) is 17.3 Å². The van der Waals surface area contributed by atoms with Crippen LogP contribution in [0.4, 0.5) is 0 Å². The number of halogens is 1. The van der Waals surface area contributed by atoms with Gasteiger partial charge in [0.2, 0.25) is 0 Å². The number of aromatic nitrogens is 2. The number of ether oxygens (including phenoxy) is 1. The Balaban J connectivity index is 2.43. The van der Waals surface area contributed by atoms with Crippen molar-refractivity contribution in [2.45, 2.75) is 19.9 Å². The molecule has 19 heavy (non-hydrogen) atoms. The van der Waals surface area contributed by atoms with Crippen molar-refractivity contribution < 1.29 is 9.53 Å². The number of carbonyl (C=O) groups is 1. The number of carbonyl (C=O) groups excluding carboxylic acids is 1. The number of nitrogens with zero attached hydrogens (tertiary/aromatic N) is 2. The smallest absolute Gasteiger partial charge is 0.335 e. The van der Waals surface area contributed by atoms with Crippen LogP contribution in [0.25, 0.3) is 0 Å². The zero-order valence-corrected chi connectivity index (χ0v) is 11.6. The monoisotopic (exact) mass is 278 g/mol. The van der Waals surface area contributed by atoms with Gasteiger partial charge >= 0.3 is 5.97 Å². The molecule has 4 nitrogen and oxygen atoms in total. The van der Waals surface area contributed by atoms with Crippen molar-refractivity contribution in [2.75, 3.05) is 6.61 Å². The van der Waals surface area contributed by atoms with Crippen LogP contribution >= 0.6 is 11.6 Å². The van der Waals surface area contributed by atoms with Crippen molar-refractivity contribution >= 4 is 17.6 Å². The molecule has 2 aromatic rings. The van der Waals surface area contributed by atoms with Gasteiger partial charge in [-0.3, -0.25) is 4.68 Å². The first kappa shape index (κ1) is 13.6. The second-order valence-corrected chi connectivity index (χ2v) is 4.51. The number of esters is 1. The van der Waals surface area contributed by atoms with E-state index in [0.717, 1.165) is 5.56 Å². The summed E-state index contributed by atoms with van der Waals surface area (Å²) in [7, 11) is 0. The Morgan fingerprint density at radius 2 is 2.11 bits per heavy atom. The van der Waals surface area contributed by atoms with E-state index in [2.05, 4.69) is 5.10 Å². The normalized spacial score (nSPS) is 12.2. The number of hydrogen-bond acceptors (Lipinski definition) is 3. The molecule has 0 spiro atoms. The minimum atomic E-state index is -0.604. The largest absolute Gasteiger partial charge is 0.464 e. The van der Waals surface area contributed by atoms with Crippen LogP contribution in [0.15, 0.2) is 36.5 Å². The fourth-order valence-electron chi connectivity index (χ4n) is 1.84. The van der Waals surface area contributed by atoms with E-state index in [4.69, 9.17) is 16.3 Å². The summed E-state index contributed by atoms with van der Waals surface area (Å²) in [6.07, 6.45) is 1.64.